The number of fused-ring (bicyclic) bond motifs is 1. The number of carbonyl (C=O) groups is 1. The average Bonchev–Trinajstić information content (AvgIpc) is 3.05. The molecular weight excluding hydrogens is 332 g/mol. The maximum Gasteiger partial charge on any atom is 0.227 e. The monoisotopic (exact) mass is 358 g/mol. The third kappa shape index (κ3) is 3.73. The van der Waals surface area contributed by atoms with E-state index in [4.69, 9.17) is 10.5 Å². The van der Waals surface area contributed by atoms with E-state index in [9.17, 15) is 4.79 Å². The molecule has 0 spiro atoms. The van der Waals surface area contributed by atoms with Crippen molar-refractivity contribution in [1.82, 2.24) is 4.90 Å². The molecule has 5 heteroatoms. The molecule has 134 valence electrons. The minimum atomic E-state index is 0.253. The van der Waals surface area contributed by atoms with E-state index in [0.29, 0.717) is 18.4 Å². The summed E-state index contributed by atoms with van der Waals surface area (Å²) in [5.74, 6) is 0.806. The third-order valence-corrected chi connectivity index (χ3v) is 6.69. The molecule has 3 heterocycles. The van der Waals surface area contributed by atoms with E-state index < -0.39 is 0 Å². The van der Waals surface area contributed by atoms with Gasteiger partial charge in [-0.2, -0.15) is 0 Å². The summed E-state index contributed by atoms with van der Waals surface area (Å²) in [7, 11) is 0. The number of piperidine rings is 1. The highest BCUT2D eigenvalue weighted by atomic mass is 32.1. The smallest absolute Gasteiger partial charge is 0.227 e. The third-order valence-electron chi connectivity index (χ3n) is 5.68. The van der Waals surface area contributed by atoms with Gasteiger partial charge in [0.1, 0.15) is 0 Å². The van der Waals surface area contributed by atoms with Crippen LogP contribution in [-0.4, -0.2) is 42.6 Å². The summed E-state index contributed by atoms with van der Waals surface area (Å²) in [4.78, 5) is 14.8. The normalized spacial score (nSPS) is 25.4. The second kappa shape index (κ2) is 7.44. The molecule has 2 atom stereocenters. The molecule has 2 fully saturated rings. The molecule has 0 aliphatic carbocycles. The van der Waals surface area contributed by atoms with Gasteiger partial charge >= 0.3 is 0 Å². The van der Waals surface area contributed by atoms with Crippen molar-refractivity contribution in [3.05, 3.63) is 35.2 Å². The van der Waals surface area contributed by atoms with E-state index in [1.54, 1.807) is 11.3 Å². The van der Waals surface area contributed by atoms with E-state index in [1.165, 1.54) is 10.1 Å². The number of thiophene rings is 1. The maximum absolute atomic E-state index is 12.7. The van der Waals surface area contributed by atoms with Gasteiger partial charge in [0, 0.05) is 30.4 Å². The van der Waals surface area contributed by atoms with Crippen LogP contribution in [0, 0.1) is 5.92 Å². The molecule has 2 saturated heterocycles. The summed E-state index contributed by atoms with van der Waals surface area (Å²) in [5.41, 5.74) is 7.25. The number of hydrogen-bond donors (Lipinski definition) is 1. The standard InChI is InChI=1S/C20H26N2O2S/c21-16-7-10-24-18(12-16)14-5-8-22(9-6-14)20(23)11-15-13-25-19-4-2-1-3-17(15)19/h1-4,13-14,16,18H,5-12,21H2/t16-,18-/m0/s1. The van der Waals surface area contributed by atoms with Gasteiger partial charge in [-0.05, 0) is 54.0 Å². The maximum atomic E-state index is 12.7. The van der Waals surface area contributed by atoms with Gasteiger partial charge in [0.05, 0.1) is 12.5 Å². The molecular formula is C20H26N2O2S. The molecule has 2 aliphatic heterocycles. The fourth-order valence-electron chi connectivity index (χ4n) is 4.15. The number of nitrogens with two attached hydrogens (primary N) is 1. The van der Waals surface area contributed by atoms with Crippen LogP contribution in [0.3, 0.4) is 0 Å². The largest absolute Gasteiger partial charge is 0.378 e. The number of nitrogens with zero attached hydrogens (tertiary/aromatic N) is 1. The van der Waals surface area contributed by atoms with Crippen LogP contribution in [0.2, 0.25) is 0 Å². The van der Waals surface area contributed by atoms with Crippen LogP contribution in [0.15, 0.2) is 29.6 Å². The zero-order chi connectivity index (χ0) is 17.2. The van der Waals surface area contributed by atoms with Crippen molar-refractivity contribution in [3.63, 3.8) is 0 Å². The van der Waals surface area contributed by atoms with Gasteiger partial charge in [-0.25, -0.2) is 0 Å². The Kier molecular flexibility index (Phi) is 5.06. The second-order valence-corrected chi connectivity index (χ2v) is 8.26. The van der Waals surface area contributed by atoms with Crippen LogP contribution in [0.25, 0.3) is 10.1 Å². The van der Waals surface area contributed by atoms with Crippen molar-refractivity contribution in [2.75, 3.05) is 19.7 Å². The van der Waals surface area contributed by atoms with E-state index in [-0.39, 0.29) is 11.9 Å². The van der Waals surface area contributed by atoms with Crippen LogP contribution in [-0.2, 0) is 16.0 Å². The molecule has 1 amide bonds. The molecule has 4 rings (SSSR count). The number of benzene rings is 1. The molecule has 2 aromatic rings. The lowest BCUT2D eigenvalue weighted by atomic mass is 9.86. The quantitative estimate of drug-likeness (QED) is 0.917. The minimum absolute atomic E-state index is 0.253. The Morgan fingerprint density at radius 2 is 2.04 bits per heavy atom. The van der Waals surface area contributed by atoms with E-state index >= 15 is 0 Å². The molecule has 1 aromatic heterocycles. The van der Waals surface area contributed by atoms with Crippen LogP contribution in [0.1, 0.15) is 31.2 Å². The van der Waals surface area contributed by atoms with Crippen LogP contribution < -0.4 is 5.73 Å². The predicted octanol–water partition coefficient (Wildman–Crippen LogP) is 3.19. The molecule has 0 unspecified atom stereocenters. The van der Waals surface area contributed by atoms with Crippen molar-refractivity contribution < 1.29 is 9.53 Å². The molecule has 1 aromatic carbocycles. The van der Waals surface area contributed by atoms with Gasteiger partial charge in [0.25, 0.3) is 0 Å². The summed E-state index contributed by atoms with van der Waals surface area (Å²) in [5, 5.41) is 3.35. The fraction of sp³-hybridized carbons (Fsp3) is 0.550. The Labute approximate surface area is 152 Å². The molecule has 25 heavy (non-hydrogen) atoms. The number of rotatable bonds is 3. The Morgan fingerprint density at radius 1 is 1.24 bits per heavy atom. The highest BCUT2D eigenvalue weighted by molar-refractivity contribution is 7.17. The summed E-state index contributed by atoms with van der Waals surface area (Å²) >= 11 is 1.72. The predicted molar refractivity (Wildman–Crippen MR) is 102 cm³/mol. The first kappa shape index (κ1) is 17.0. The van der Waals surface area contributed by atoms with Crippen molar-refractivity contribution in [2.45, 2.75) is 44.2 Å². The molecule has 4 nitrogen and oxygen atoms in total. The van der Waals surface area contributed by atoms with Crippen LogP contribution >= 0.6 is 11.3 Å². The first-order chi connectivity index (χ1) is 12.2. The van der Waals surface area contributed by atoms with Crippen molar-refractivity contribution >= 4 is 27.3 Å². The van der Waals surface area contributed by atoms with Gasteiger partial charge in [0.2, 0.25) is 5.91 Å². The number of ether oxygens (including phenoxy) is 1. The van der Waals surface area contributed by atoms with E-state index in [2.05, 4.69) is 23.6 Å². The molecule has 2 aliphatic rings. The summed E-state index contributed by atoms with van der Waals surface area (Å²) < 4.78 is 7.19. The number of likely N-dealkylation sites (tertiary alicyclic amines) is 1. The zero-order valence-electron chi connectivity index (χ0n) is 14.5. The van der Waals surface area contributed by atoms with Gasteiger partial charge in [-0.15, -0.1) is 11.3 Å². The minimum Gasteiger partial charge on any atom is -0.378 e. The summed E-state index contributed by atoms with van der Waals surface area (Å²) in [6.07, 6.45) is 4.82. The molecule has 0 bridgehead atoms. The molecule has 0 radical (unpaired) electrons. The van der Waals surface area contributed by atoms with E-state index in [0.717, 1.165) is 50.9 Å². The number of carbonyl (C=O) groups excluding carboxylic acids is 1. The summed E-state index contributed by atoms with van der Waals surface area (Å²) in [6.45, 7) is 2.48. The van der Waals surface area contributed by atoms with Crippen molar-refractivity contribution in [3.8, 4) is 0 Å². The number of hydrogen-bond acceptors (Lipinski definition) is 4. The van der Waals surface area contributed by atoms with Crippen LogP contribution in [0.5, 0.6) is 0 Å². The molecule has 2 N–H and O–H groups in total. The highest BCUT2D eigenvalue weighted by Gasteiger charge is 2.32. The summed E-state index contributed by atoms with van der Waals surface area (Å²) in [6, 6.07) is 8.61. The van der Waals surface area contributed by atoms with Gasteiger partial charge in [0.15, 0.2) is 0 Å². The SMILES string of the molecule is N[C@H]1CCO[C@H](C2CCN(C(=O)Cc3csc4ccccc34)CC2)C1. The topological polar surface area (TPSA) is 55.6 Å². The Morgan fingerprint density at radius 3 is 2.84 bits per heavy atom. The Hall–Kier alpha value is -1.43. The lowest BCUT2D eigenvalue weighted by Crippen LogP contribution is -2.45. The molecule has 0 saturated carbocycles. The zero-order valence-corrected chi connectivity index (χ0v) is 15.3. The Balaban J connectivity index is 1.33. The second-order valence-electron chi connectivity index (χ2n) is 7.35. The fourth-order valence-corrected chi connectivity index (χ4v) is 5.11. The lowest BCUT2D eigenvalue weighted by molar-refractivity contribution is -0.133. The number of amides is 1. The highest BCUT2D eigenvalue weighted by Crippen LogP contribution is 2.30. The van der Waals surface area contributed by atoms with Gasteiger partial charge in [-0.3, -0.25) is 4.79 Å². The first-order valence-corrected chi connectivity index (χ1v) is 10.2. The van der Waals surface area contributed by atoms with E-state index in [1.807, 2.05) is 11.0 Å². The van der Waals surface area contributed by atoms with Crippen molar-refractivity contribution in [2.24, 2.45) is 11.7 Å². The van der Waals surface area contributed by atoms with Gasteiger partial charge < -0.3 is 15.4 Å². The van der Waals surface area contributed by atoms with Crippen LogP contribution in [0.4, 0.5) is 0 Å². The average molecular weight is 359 g/mol. The first-order valence-electron chi connectivity index (χ1n) is 9.31. The van der Waals surface area contributed by atoms with Crippen molar-refractivity contribution in [1.29, 1.82) is 0 Å². The Bertz CT molecular complexity index is 736. The van der Waals surface area contributed by atoms with Gasteiger partial charge in [-0.1, -0.05) is 18.2 Å². The lowest BCUT2D eigenvalue weighted by Gasteiger charge is -2.38.